The lowest BCUT2D eigenvalue weighted by Crippen LogP contribution is -2.53. The molecular formula is C15H29N3O3. The van der Waals surface area contributed by atoms with Crippen molar-refractivity contribution in [1.29, 1.82) is 0 Å². The Morgan fingerprint density at radius 1 is 1.29 bits per heavy atom. The quantitative estimate of drug-likeness (QED) is 0.723. The van der Waals surface area contributed by atoms with E-state index in [-0.39, 0.29) is 12.0 Å². The number of rotatable bonds is 4. The van der Waals surface area contributed by atoms with E-state index >= 15 is 0 Å². The predicted octanol–water partition coefficient (Wildman–Crippen LogP) is -0.642. The number of likely N-dealkylation sites (N-methyl/N-ethyl adjacent to an activating group) is 1. The maximum absolute atomic E-state index is 12.3. The van der Waals surface area contributed by atoms with E-state index in [9.17, 15) is 15.0 Å². The summed E-state index contributed by atoms with van der Waals surface area (Å²) in [5.74, 6) is 0.121. The first-order chi connectivity index (χ1) is 9.88. The number of carbonyl (C=O) groups excluding carboxylic acids is 1. The van der Waals surface area contributed by atoms with Crippen molar-refractivity contribution >= 4 is 5.91 Å². The van der Waals surface area contributed by atoms with Gasteiger partial charge in [0.05, 0.1) is 18.2 Å². The average molecular weight is 299 g/mol. The maximum atomic E-state index is 12.3. The minimum atomic E-state index is -0.665. The van der Waals surface area contributed by atoms with Crippen LogP contribution in [-0.2, 0) is 4.79 Å². The fourth-order valence-corrected chi connectivity index (χ4v) is 3.39. The van der Waals surface area contributed by atoms with Gasteiger partial charge in [0.1, 0.15) is 0 Å². The van der Waals surface area contributed by atoms with E-state index in [0.29, 0.717) is 45.6 Å². The molecule has 0 saturated carbocycles. The Morgan fingerprint density at radius 2 is 1.95 bits per heavy atom. The molecule has 2 aliphatic heterocycles. The van der Waals surface area contributed by atoms with Crippen molar-refractivity contribution < 1.29 is 15.0 Å². The van der Waals surface area contributed by atoms with Crippen LogP contribution in [0.25, 0.3) is 0 Å². The van der Waals surface area contributed by atoms with Crippen molar-refractivity contribution in [3.63, 3.8) is 0 Å². The van der Waals surface area contributed by atoms with Gasteiger partial charge in [-0.1, -0.05) is 0 Å². The second-order valence-electron chi connectivity index (χ2n) is 6.87. The molecule has 0 spiro atoms. The van der Waals surface area contributed by atoms with Crippen LogP contribution in [0.2, 0.25) is 0 Å². The minimum absolute atomic E-state index is 0.121. The number of likely N-dealkylation sites (tertiary alicyclic amines) is 2. The van der Waals surface area contributed by atoms with Gasteiger partial charge in [-0.25, -0.2) is 0 Å². The van der Waals surface area contributed by atoms with E-state index in [1.807, 2.05) is 28.8 Å². The SMILES string of the molecule is CN(C)CC1(O)CCN(C(=O)CN2CCCC(O)C2)CC1. The van der Waals surface area contributed by atoms with E-state index in [2.05, 4.69) is 0 Å². The van der Waals surface area contributed by atoms with Crippen molar-refractivity contribution in [3.8, 4) is 0 Å². The van der Waals surface area contributed by atoms with Gasteiger partial charge in [-0.15, -0.1) is 0 Å². The summed E-state index contributed by atoms with van der Waals surface area (Å²) in [7, 11) is 3.91. The first kappa shape index (κ1) is 16.7. The van der Waals surface area contributed by atoms with E-state index < -0.39 is 5.60 Å². The number of aliphatic hydroxyl groups excluding tert-OH is 1. The first-order valence-corrected chi connectivity index (χ1v) is 7.93. The molecule has 2 fully saturated rings. The van der Waals surface area contributed by atoms with Crippen LogP contribution in [0.4, 0.5) is 0 Å². The molecule has 0 aliphatic carbocycles. The van der Waals surface area contributed by atoms with Crippen molar-refractivity contribution in [2.45, 2.75) is 37.4 Å². The molecule has 2 heterocycles. The minimum Gasteiger partial charge on any atom is -0.392 e. The van der Waals surface area contributed by atoms with Gasteiger partial charge in [-0.2, -0.15) is 0 Å². The Labute approximate surface area is 127 Å². The normalized spacial score (nSPS) is 27.1. The van der Waals surface area contributed by atoms with E-state index in [1.165, 1.54) is 0 Å². The molecular weight excluding hydrogens is 270 g/mol. The standard InChI is InChI=1S/C15H29N3O3/c1-16(2)12-15(21)5-8-18(9-6-15)14(20)11-17-7-3-4-13(19)10-17/h13,19,21H,3-12H2,1-2H3. The van der Waals surface area contributed by atoms with Crippen LogP contribution in [0.5, 0.6) is 0 Å². The van der Waals surface area contributed by atoms with Gasteiger partial charge < -0.3 is 20.0 Å². The highest BCUT2D eigenvalue weighted by molar-refractivity contribution is 5.78. The number of carbonyl (C=O) groups is 1. The molecule has 122 valence electrons. The molecule has 0 aromatic rings. The Balaban J connectivity index is 1.77. The summed E-state index contributed by atoms with van der Waals surface area (Å²) in [6, 6.07) is 0. The van der Waals surface area contributed by atoms with Crippen molar-refractivity contribution in [1.82, 2.24) is 14.7 Å². The van der Waals surface area contributed by atoms with Crippen LogP contribution in [0.15, 0.2) is 0 Å². The van der Waals surface area contributed by atoms with Gasteiger partial charge in [0.15, 0.2) is 0 Å². The number of nitrogens with zero attached hydrogens (tertiary/aromatic N) is 3. The highest BCUT2D eigenvalue weighted by Gasteiger charge is 2.34. The molecule has 1 unspecified atom stereocenters. The van der Waals surface area contributed by atoms with Gasteiger partial charge in [0, 0.05) is 26.2 Å². The van der Waals surface area contributed by atoms with E-state index in [0.717, 1.165) is 19.4 Å². The van der Waals surface area contributed by atoms with Crippen molar-refractivity contribution in [2.75, 3.05) is 53.4 Å². The number of piperidine rings is 2. The molecule has 0 radical (unpaired) electrons. The van der Waals surface area contributed by atoms with Crippen molar-refractivity contribution in [2.24, 2.45) is 0 Å². The average Bonchev–Trinajstić information content (AvgIpc) is 2.38. The molecule has 6 heteroatoms. The second-order valence-corrected chi connectivity index (χ2v) is 6.87. The van der Waals surface area contributed by atoms with Gasteiger partial charge >= 0.3 is 0 Å². The maximum Gasteiger partial charge on any atom is 0.236 e. The first-order valence-electron chi connectivity index (χ1n) is 7.93. The fourth-order valence-electron chi connectivity index (χ4n) is 3.39. The lowest BCUT2D eigenvalue weighted by atomic mass is 9.91. The Kier molecular flexibility index (Phi) is 5.60. The molecule has 0 aromatic heterocycles. The fraction of sp³-hybridized carbons (Fsp3) is 0.933. The molecule has 2 rings (SSSR count). The number of hydrogen-bond donors (Lipinski definition) is 2. The van der Waals surface area contributed by atoms with Gasteiger partial charge in [-0.05, 0) is 46.3 Å². The topological polar surface area (TPSA) is 67.2 Å². The second kappa shape index (κ2) is 7.05. The van der Waals surface area contributed by atoms with Crippen LogP contribution < -0.4 is 0 Å². The predicted molar refractivity (Wildman–Crippen MR) is 81.0 cm³/mol. The zero-order chi connectivity index (χ0) is 15.5. The highest BCUT2D eigenvalue weighted by atomic mass is 16.3. The summed E-state index contributed by atoms with van der Waals surface area (Å²) in [6.07, 6.45) is 2.78. The van der Waals surface area contributed by atoms with Crippen molar-refractivity contribution in [3.05, 3.63) is 0 Å². The Hall–Kier alpha value is -0.690. The summed E-state index contributed by atoms with van der Waals surface area (Å²) in [5, 5.41) is 20.1. The Bertz CT molecular complexity index is 354. The molecule has 2 N–H and O–H groups in total. The number of amides is 1. The van der Waals surface area contributed by atoms with Gasteiger partial charge in [0.25, 0.3) is 0 Å². The highest BCUT2D eigenvalue weighted by Crippen LogP contribution is 2.23. The van der Waals surface area contributed by atoms with Gasteiger partial charge in [0.2, 0.25) is 5.91 Å². The molecule has 1 amide bonds. The number of aliphatic hydroxyl groups is 2. The molecule has 1 atom stereocenters. The van der Waals surface area contributed by atoms with Crippen LogP contribution >= 0.6 is 0 Å². The van der Waals surface area contributed by atoms with Crippen LogP contribution in [-0.4, -0.2) is 95.9 Å². The lowest BCUT2D eigenvalue weighted by Gasteiger charge is -2.40. The molecule has 6 nitrogen and oxygen atoms in total. The molecule has 2 saturated heterocycles. The molecule has 21 heavy (non-hydrogen) atoms. The molecule has 0 aromatic carbocycles. The Morgan fingerprint density at radius 3 is 2.52 bits per heavy atom. The van der Waals surface area contributed by atoms with E-state index in [1.54, 1.807) is 0 Å². The summed E-state index contributed by atoms with van der Waals surface area (Å²) >= 11 is 0. The number of hydrogen-bond acceptors (Lipinski definition) is 5. The third-order valence-electron chi connectivity index (χ3n) is 4.50. The number of β-amino-alcohol motifs (C(OH)–C–C–N with tert-alkyl or cyclic N) is 1. The van der Waals surface area contributed by atoms with Crippen LogP contribution in [0.1, 0.15) is 25.7 Å². The molecule has 0 bridgehead atoms. The zero-order valence-corrected chi connectivity index (χ0v) is 13.3. The third-order valence-corrected chi connectivity index (χ3v) is 4.50. The summed E-state index contributed by atoms with van der Waals surface area (Å²) < 4.78 is 0. The lowest BCUT2D eigenvalue weighted by molar-refractivity contribution is -0.137. The molecule has 2 aliphatic rings. The van der Waals surface area contributed by atoms with Crippen LogP contribution in [0.3, 0.4) is 0 Å². The smallest absolute Gasteiger partial charge is 0.236 e. The largest absolute Gasteiger partial charge is 0.392 e. The third kappa shape index (κ3) is 4.92. The van der Waals surface area contributed by atoms with E-state index in [4.69, 9.17) is 0 Å². The summed E-state index contributed by atoms with van der Waals surface area (Å²) in [4.78, 5) is 18.2. The summed E-state index contributed by atoms with van der Waals surface area (Å²) in [6.45, 7) is 3.78. The van der Waals surface area contributed by atoms with Gasteiger partial charge in [-0.3, -0.25) is 9.69 Å². The zero-order valence-electron chi connectivity index (χ0n) is 13.3. The van der Waals surface area contributed by atoms with Crippen LogP contribution in [0, 0.1) is 0 Å². The summed E-state index contributed by atoms with van der Waals surface area (Å²) in [5.41, 5.74) is -0.665. The monoisotopic (exact) mass is 299 g/mol.